The summed E-state index contributed by atoms with van der Waals surface area (Å²) in [6, 6.07) is 0. The first-order valence-corrected chi connectivity index (χ1v) is 5.96. The first-order chi connectivity index (χ1) is 6.29. The van der Waals surface area contributed by atoms with E-state index in [0.29, 0.717) is 5.88 Å². The second kappa shape index (κ2) is 3.74. The average molecular weight is 231 g/mol. The summed E-state index contributed by atoms with van der Waals surface area (Å²) in [7, 11) is 0. The number of nitrogens with zero attached hydrogens (tertiary/aromatic N) is 2. The molecule has 2 heterocycles. The minimum atomic E-state index is 0.473. The Labute approximate surface area is 89.2 Å². The molecule has 5 heteroatoms. The fourth-order valence-electron chi connectivity index (χ4n) is 0.920. The van der Waals surface area contributed by atoms with Gasteiger partial charge in [-0.05, 0) is 6.92 Å². The van der Waals surface area contributed by atoms with Gasteiger partial charge in [-0.15, -0.1) is 34.3 Å². The summed E-state index contributed by atoms with van der Waals surface area (Å²) in [5, 5.41) is 3.92. The van der Waals surface area contributed by atoms with Crippen LogP contribution in [0.15, 0.2) is 11.6 Å². The van der Waals surface area contributed by atoms with E-state index < -0.39 is 0 Å². The van der Waals surface area contributed by atoms with Crippen LogP contribution in [0.25, 0.3) is 10.0 Å². The van der Waals surface area contributed by atoms with Gasteiger partial charge in [-0.25, -0.2) is 9.97 Å². The maximum absolute atomic E-state index is 5.66. The van der Waals surface area contributed by atoms with Crippen LogP contribution >= 0.6 is 34.3 Å². The highest BCUT2D eigenvalue weighted by atomic mass is 35.5. The standard InChI is InChI=1S/C8H7ClN2S2/c1-5-3-10-7(13-5)8-11-6(2-9)4-12-8/h3-4H,2H2,1H3. The van der Waals surface area contributed by atoms with E-state index in [1.165, 1.54) is 4.88 Å². The van der Waals surface area contributed by atoms with Gasteiger partial charge in [-0.3, -0.25) is 0 Å². The molecule has 0 saturated heterocycles. The lowest BCUT2D eigenvalue weighted by Crippen LogP contribution is -1.77. The second-order valence-electron chi connectivity index (χ2n) is 2.55. The molecule has 2 rings (SSSR count). The SMILES string of the molecule is Cc1cnc(-c2nc(CCl)cs2)s1. The molecule has 13 heavy (non-hydrogen) atoms. The first-order valence-electron chi connectivity index (χ1n) is 3.73. The van der Waals surface area contributed by atoms with Crippen LogP contribution in [0.5, 0.6) is 0 Å². The third-order valence-corrected chi connectivity index (χ3v) is 3.71. The molecule has 0 fully saturated rings. The van der Waals surface area contributed by atoms with Crippen LogP contribution in [0, 0.1) is 6.92 Å². The van der Waals surface area contributed by atoms with E-state index in [-0.39, 0.29) is 0 Å². The van der Waals surface area contributed by atoms with Crippen molar-refractivity contribution >= 4 is 34.3 Å². The van der Waals surface area contributed by atoms with Gasteiger partial charge in [-0.2, -0.15) is 0 Å². The molecule has 0 aliphatic rings. The van der Waals surface area contributed by atoms with E-state index in [4.69, 9.17) is 11.6 Å². The van der Waals surface area contributed by atoms with Crippen LogP contribution < -0.4 is 0 Å². The summed E-state index contributed by atoms with van der Waals surface area (Å²) in [5.41, 5.74) is 0.925. The Bertz CT molecular complexity index is 408. The smallest absolute Gasteiger partial charge is 0.152 e. The van der Waals surface area contributed by atoms with Crippen LogP contribution in [0.3, 0.4) is 0 Å². The maximum atomic E-state index is 5.66. The Morgan fingerprint density at radius 1 is 1.46 bits per heavy atom. The van der Waals surface area contributed by atoms with E-state index >= 15 is 0 Å². The van der Waals surface area contributed by atoms with Gasteiger partial charge in [0.1, 0.15) is 0 Å². The van der Waals surface area contributed by atoms with Crippen molar-refractivity contribution in [1.82, 2.24) is 9.97 Å². The molecular weight excluding hydrogens is 224 g/mol. The normalized spacial score (nSPS) is 10.6. The van der Waals surface area contributed by atoms with Gasteiger partial charge < -0.3 is 0 Å². The van der Waals surface area contributed by atoms with E-state index in [1.807, 2.05) is 18.5 Å². The lowest BCUT2D eigenvalue weighted by molar-refractivity contribution is 1.22. The Morgan fingerprint density at radius 3 is 2.85 bits per heavy atom. The summed E-state index contributed by atoms with van der Waals surface area (Å²) >= 11 is 8.91. The molecule has 0 aliphatic carbocycles. The molecule has 0 saturated carbocycles. The van der Waals surface area contributed by atoms with Crippen LogP contribution in [0.4, 0.5) is 0 Å². The van der Waals surface area contributed by atoms with E-state index in [1.54, 1.807) is 22.7 Å². The lowest BCUT2D eigenvalue weighted by Gasteiger charge is -1.85. The fourth-order valence-corrected chi connectivity index (χ4v) is 2.77. The monoisotopic (exact) mass is 230 g/mol. The van der Waals surface area contributed by atoms with Gasteiger partial charge >= 0.3 is 0 Å². The molecule has 2 aromatic rings. The van der Waals surface area contributed by atoms with Crippen LogP contribution in [-0.2, 0) is 5.88 Å². The largest absolute Gasteiger partial charge is 0.242 e. The summed E-state index contributed by atoms with van der Waals surface area (Å²) in [6.07, 6.45) is 1.86. The molecule has 2 nitrogen and oxygen atoms in total. The van der Waals surface area contributed by atoms with E-state index in [2.05, 4.69) is 9.97 Å². The highest BCUT2D eigenvalue weighted by Gasteiger charge is 2.06. The summed E-state index contributed by atoms with van der Waals surface area (Å²) in [5.74, 6) is 0.473. The number of aromatic nitrogens is 2. The molecule has 0 aliphatic heterocycles. The van der Waals surface area contributed by atoms with Crippen molar-refractivity contribution in [1.29, 1.82) is 0 Å². The third kappa shape index (κ3) is 1.90. The number of alkyl halides is 1. The summed E-state index contributed by atoms with van der Waals surface area (Å²) in [4.78, 5) is 9.81. The third-order valence-electron chi connectivity index (χ3n) is 1.49. The zero-order chi connectivity index (χ0) is 9.26. The van der Waals surface area contributed by atoms with Crippen molar-refractivity contribution in [2.75, 3.05) is 0 Å². The minimum Gasteiger partial charge on any atom is -0.242 e. The minimum absolute atomic E-state index is 0.473. The number of rotatable bonds is 2. The lowest BCUT2D eigenvalue weighted by atomic mass is 10.6. The van der Waals surface area contributed by atoms with Crippen molar-refractivity contribution < 1.29 is 0 Å². The van der Waals surface area contributed by atoms with Gasteiger partial charge in [0.15, 0.2) is 10.0 Å². The number of aryl methyl sites for hydroxylation is 1. The van der Waals surface area contributed by atoms with Crippen LogP contribution in [-0.4, -0.2) is 9.97 Å². The van der Waals surface area contributed by atoms with E-state index in [9.17, 15) is 0 Å². The highest BCUT2D eigenvalue weighted by molar-refractivity contribution is 7.20. The zero-order valence-corrected chi connectivity index (χ0v) is 9.34. The molecule has 0 aromatic carbocycles. The molecule has 0 amide bonds. The number of hydrogen-bond acceptors (Lipinski definition) is 4. The molecule has 68 valence electrons. The van der Waals surface area contributed by atoms with Crippen LogP contribution in [0.1, 0.15) is 10.6 Å². The van der Waals surface area contributed by atoms with Crippen molar-refractivity contribution in [3.8, 4) is 10.0 Å². The summed E-state index contributed by atoms with van der Waals surface area (Å²) in [6.45, 7) is 2.04. The maximum Gasteiger partial charge on any atom is 0.152 e. The molecule has 2 aromatic heterocycles. The number of hydrogen-bond donors (Lipinski definition) is 0. The summed E-state index contributed by atoms with van der Waals surface area (Å²) < 4.78 is 0. The predicted molar refractivity (Wildman–Crippen MR) is 57.5 cm³/mol. The molecule has 0 spiro atoms. The van der Waals surface area contributed by atoms with Gasteiger partial charge in [0.25, 0.3) is 0 Å². The van der Waals surface area contributed by atoms with Crippen molar-refractivity contribution in [3.63, 3.8) is 0 Å². The quantitative estimate of drug-likeness (QED) is 0.740. The van der Waals surface area contributed by atoms with Crippen molar-refractivity contribution in [2.45, 2.75) is 12.8 Å². The van der Waals surface area contributed by atoms with Crippen molar-refractivity contribution in [2.24, 2.45) is 0 Å². The number of thiazole rings is 2. The topological polar surface area (TPSA) is 25.8 Å². The molecule has 0 radical (unpaired) electrons. The number of halogens is 1. The first kappa shape index (κ1) is 9.12. The molecule has 0 atom stereocenters. The predicted octanol–water partition coefficient (Wildman–Crippen LogP) is 3.31. The average Bonchev–Trinajstić information content (AvgIpc) is 2.71. The Balaban J connectivity index is 2.35. The van der Waals surface area contributed by atoms with Crippen LogP contribution in [0.2, 0.25) is 0 Å². The van der Waals surface area contributed by atoms with E-state index in [0.717, 1.165) is 15.7 Å². The van der Waals surface area contributed by atoms with Gasteiger partial charge in [0.2, 0.25) is 0 Å². The second-order valence-corrected chi connectivity index (χ2v) is 4.91. The zero-order valence-electron chi connectivity index (χ0n) is 6.95. The van der Waals surface area contributed by atoms with Gasteiger partial charge in [0.05, 0.1) is 11.6 Å². The molecular formula is C8H7ClN2S2. The Hall–Kier alpha value is -0.450. The fraction of sp³-hybridized carbons (Fsp3) is 0.250. The van der Waals surface area contributed by atoms with Gasteiger partial charge in [0, 0.05) is 16.5 Å². The Kier molecular flexibility index (Phi) is 2.62. The molecule has 0 N–H and O–H groups in total. The van der Waals surface area contributed by atoms with Gasteiger partial charge in [-0.1, -0.05) is 0 Å². The highest BCUT2D eigenvalue weighted by Crippen LogP contribution is 2.27. The van der Waals surface area contributed by atoms with Crippen molar-refractivity contribution in [3.05, 3.63) is 22.1 Å². The Morgan fingerprint density at radius 2 is 2.31 bits per heavy atom. The molecule has 0 bridgehead atoms. The molecule has 0 unspecified atom stereocenters.